The predicted octanol–water partition coefficient (Wildman–Crippen LogP) is 5.71. The smallest absolute Gasteiger partial charge is 0.494 e. The van der Waals surface area contributed by atoms with Gasteiger partial charge in [0.15, 0.2) is 11.5 Å². The maximum atomic E-state index is 14.7. The molecule has 3 aromatic carbocycles. The minimum atomic E-state index is -4.02. The monoisotopic (exact) mass is 747 g/mol. The first-order valence-corrected chi connectivity index (χ1v) is 15.7. The minimum Gasteiger partial charge on any atom is -0.494 e. The van der Waals surface area contributed by atoms with Crippen LogP contribution in [-0.2, 0) is 16.8 Å². The zero-order valence-corrected chi connectivity index (χ0v) is 27.8. The summed E-state index contributed by atoms with van der Waals surface area (Å²) >= 11 is 6.55. The molecule has 2 amide bonds. The number of rotatable bonds is 12. The van der Waals surface area contributed by atoms with Crippen molar-refractivity contribution >= 4 is 34.3 Å². The average molecular weight is 748 g/mol. The van der Waals surface area contributed by atoms with Crippen molar-refractivity contribution in [3.8, 4) is 34.3 Å². The van der Waals surface area contributed by atoms with Crippen LogP contribution in [0.1, 0.15) is 40.7 Å². The van der Waals surface area contributed by atoms with Gasteiger partial charge in [-0.25, -0.2) is 14.1 Å². The van der Waals surface area contributed by atoms with Gasteiger partial charge in [-0.1, -0.05) is 23.7 Å². The number of aliphatic hydroxyl groups is 1. The lowest BCUT2D eigenvalue weighted by Crippen LogP contribution is -2.42. The molecule has 0 saturated heterocycles. The average Bonchev–Trinajstić information content (AvgIpc) is 3.68. The number of hydrogen-bond donors (Lipinski definition) is 3. The van der Waals surface area contributed by atoms with Crippen molar-refractivity contribution in [1.29, 1.82) is 0 Å². The van der Waals surface area contributed by atoms with Gasteiger partial charge in [-0.15, -0.1) is 8.78 Å². The molecular formula is C34H27ClF5N5O7. The van der Waals surface area contributed by atoms with Gasteiger partial charge in [0, 0.05) is 28.3 Å². The zero-order valence-electron chi connectivity index (χ0n) is 27.1. The summed E-state index contributed by atoms with van der Waals surface area (Å²) in [6, 6.07) is 11.0. The van der Waals surface area contributed by atoms with E-state index in [0.29, 0.717) is 4.68 Å². The summed E-state index contributed by atoms with van der Waals surface area (Å²) in [5, 5.41) is 18.6. The molecule has 52 heavy (non-hydrogen) atoms. The lowest BCUT2D eigenvalue weighted by atomic mass is 9.87. The molecule has 4 N–H and O–H groups in total. The molecule has 0 bridgehead atoms. The molecule has 0 unspecified atom stereocenters. The van der Waals surface area contributed by atoms with Gasteiger partial charge in [0.2, 0.25) is 5.91 Å². The Bertz CT molecular complexity index is 2220. The number of primary amides is 1. The highest BCUT2D eigenvalue weighted by molar-refractivity contribution is 6.35. The Morgan fingerprint density at radius 1 is 1.15 bits per heavy atom. The number of amides is 2. The molecule has 272 valence electrons. The number of pyridine rings is 1. The second kappa shape index (κ2) is 13.8. The molecule has 5 aromatic rings. The van der Waals surface area contributed by atoms with E-state index < -0.39 is 54.8 Å². The molecular weight excluding hydrogens is 721 g/mol. The van der Waals surface area contributed by atoms with Crippen LogP contribution in [0, 0.1) is 5.82 Å². The molecule has 0 spiro atoms. The number of nitrogens with one attached hydrogen (secondary N) is 1. The van der Waals surface area contributed by atoms with E-state index in [1.165, 1.54) is 43.5 Å². The lowest BCUT2D eigenvalue weighted by molar-refractivity contribution is -0.286. The Morgan fingerprint density at radius 3 is 2.60 bits per heavy atom. The van der Waals surface area contributed by atoms with Crippen molar-refractivity contribution in [3.05, 3.63) is 94.0 Å². The van der Waals surface area contributed by atoms with E-state index in [0.717, 1.165) is 24.4 Å². The molecule has 2 aromatic heterocycles. The van der Waals surface area contributed by atoms with Gasteiger partial charge in [0.1, 0.15) is 34.1 Å². The maximum Gasteiger partial charge on any atom is 0.586 e. The number of benzene rings is 3. The van der Waals surface area contributed by atoms with E-state index >= 15 is 0 Å². The number of fused-ring (bicyclic) bond motifs is 2. The first kappa shape index (κ1) is 36.1. The highest BCUT2D eigenvalue weighted by Gasteiger charge is 2.45. The number of alkyl halides is 4. The van der Waals surface area contributed by atoms with Crippen molar-refractivity contribution in [2.24, 2.45) is 5.73 Å². The number of hydrogen-bond acceptors (Lipinski definition) is 9. The maximum absolute atomic E-state index is 14.7. The molecule has 6 rings (SSSR count). The molecule has 1 aliphatic rings. The van der Waals surface area contributed by atoms with Gasteiger partial charge in [0.05, 0.1) is 37.4 Å². The Morgan fingerprint density at radius 2 is 1.92 bits per heavy atom. The van der Waals surface area contributed by atoms with Crippen LogP contribution in [0.5, 0.6) is 23.0 Å². The van der Waals surface area contributed by atoms with Crippen LogP contribution in [0.15, 0.2) is 60.8 Å². The molecule has 1 aliphatic heterocycles. The van der Waals surface area contributed by atoms with E-state index in [-0.39, 0.29) is 73.4 Å². The van der Waals surface area contributed by atoms with Crippen molar-refractivity contribution in [2.75, 3.05) is 20.3 Å². The van der Waals surface area contributed by atoms with E-state index in [1.54, 1.807) is 6.92 Å². The van der Waals surface area contributed by atoms with Crippen molar-refractivity contribution in [3.63, 3.8) is 0 Å². The largest absolute Gasteiger partial charge is 0.586 e. The number of halogens is 6. The van der Waals surface area contributed by atoms with Gasteiger partial charge in [-0.3, -0.25) is 9.59 Å². The highest BCUT2D eigenvalue weighted by atomic mass is 35.5. The fraction of sp³-hybridized carbons (Fsp3) is 0.235. The highest BCUT2D eigenvalue weighted by Crippen LogP contribution is 2.51. The Labute approximate surface area is 295 Å². The number of aromatic nitrogens is 3. The number of carbonyl (C=O) groups is 2. The topological polar surface area (TPSA) is 160 Å². The Balaban J connectivity index is 1.49. The van der Waals surface area contributed by atoms with Crippen molar-refractivity contribution in [1.82, 2.24) is 20.1 Å². The summed E-state index contributed by atoms with van der Waals surface area (Å²) in [7, 11) is 1.26. The first-order valence-electron chi connectivity index (χ1n) is 15.3. The zero-order chi connectivity index (χ0) is 37.5. The molecule has 3 heterocycles. The van der Waals surface area contributed by atoms with Gasteiger partial charge in [0.25, 0.3) is 5.91 Å². The van der Waals surface area contributed by atoms with E-state index in [4.69, 9.17) is 26.8 Å². The second-order valence-electron chi connectivity index (χ2n) is 11.4. The standard InChI is InChI=1S/C34H27ClF5N5O7/c1-3-50-29-16(12-25(41)46)11-24(43-28(29)21-7-8-22-30(26(21)35)52-34(39,40)51-22)33(48,19-5-4-6-20(36)13-19)15-42-31(47)17-9-18-14-45(32(37)38)44-27(18)23(10-17)49-2/h4-11,13-14,32,48H,3,12,15H2,1-2H3,(H2,41,46)(H,42,47)/t33-/m1/s1. The van der Waals surface area contributed by atoms with Crippen LogP contribution in [0.3, 0.4) is 0 Å². The van der Waals surface area contributed by atoms with E-state index in [9.17, 15) is 36.6 Å². The lowest BCUT2D eigenvalue weighted by Gasteiger charge is -2.30. The summed E-state index contributed by atoms with van der Waals surface area (Å²) in [6.07, 6.45) is -3.47. The molecule has 0 radical (unpaired) electrons. The van der Waals surface area contributed by atoms with Crippen LogP contribution in [0.2, 0.25) is 5.02 Å². The Hall–Kier alpha value is -5.68. The summed E-state index contributed by atoms with van der Waals surface area (Å²) in [5.41, 5.74) is 2.65. The van der Waals surface area contributed by atoms with Crippen LogP contribution in [0.4, 0.5) is 22.0 Å². The number of nitrogens with two attached hydrogens (primary N) is 1. The van der Waals surface area contributed by atoms with E-state index in [1.807, 2.05) is 0 Å². The molecule has 1 atom stereocenters. The van der Waals surface area contributed by atoms with Gasteiger partial charge in [-0.05, 0) is 55.0 Å². The van der Waals surface area contributed by atoms with Crippen LogP contribution >= 0.6 is 11.6 Å². The van der Waals surface area contributed by atoms with Gasteiger partial charge < -0.3 is 35.1 Å². The SMILES string of the molecule is CCOc1c(CC(N)=O)cc([C@@](O)(CNC(=O)c2cc(OC)c3nn(C(F)F)cc3c2)c2cccc(F)c2)nc1-c1ccc2c(c1Cl)OC(F)(F)O2. The van der Waals surface area contributed by atoms with Gasteiger partial charge in [-0.2, -0.15) is 13.9 Å². The fourth-order valence-corrected chi connectivity index (χ4v) is 5.96. The minimum absolute atomic E-state index is 0.00900. The molecule has 12 nitrogen and oxygen atoms in total. The Kier molecular flexibility index (Phi) is 9.59. The third kappa shape index (κ3) is 6.83. The second-order valence-corrected chi connectivity index (χ2v) is 11.8. The van der Waals surface area contributed by atoms with Crippen LogP contribution in [-0.4, -0.2) is 58.2 Å². The number of nitrogens with zero attached hydrogens (tertiary/aromatic N) is 3. The van der Waals surface area contributed by atoms with Gasteiger partial charge >= 0.3 is 12.8 Å². The summed E-state index contributed by atoms with van der Waals surface area (Å²) < 4.78 is 90.0. The summed E-state index contributed by atoms with van der Waals surface area (Å²) in [6.45, 7) is -2.01. The third-order valence-corrected chi connectivity index (χ3v) is 8.35. The van der Waals surface area contributed by atoms with Crippen LogP contribution < -0.4 is 30.0 Å². The molecule has 18 heteroatoms. The quantitative estimate of drug-likeness (QED) is 0.136. The normalized spacial score (nSPS) is 14.3. The molecule has 0 fully saturated rings. The first-order chi connectivity index (χ1) is 24.6. The molecule has 0 saturated carbocycles. The predicted molar refractivity (Wildman–Crippen MR) is 174 cm³/mol. The number of ether oxygens (including phenoxy) is 4. The molecule has 0 aliphatic carbocycles. The van der Waals surface area contributed by atoms with Crippen molar-refractivity contribution < 1.29 is 55.6 Å². The number of carbonyl (C=O) groups excluding carboxylic acids is 2. The van der Waals surface area contributed by atoms with Crippen LogP contribution in [0.25, 0.3) is 22.2 Å². The summed E-state index contributed by atoms with van der Waals surface area (Å²) in [5.74, 6) is -3.35. The number of methoxy groups -OCH3 is 1. The van der Waals surface area contributed by atoms with Crippen molar-refractivity contribution in [2.45, 2.75) is 31.8 Å². The third-order valence-electron chi connectivity index (χ3n) is 7.97. The summed E-state index contributed by atoms with van der Waals surface area (Å²) in [4.78, 5) is 30.5. The fourth-order valence-electron chi connectivity index (χ4n) is 5.67. The van der Waals surface area contributed by atoms with E-state index in [2.05, 4.69) is 24.9 Å².